The van der Waals surface area contributed by atoms with E-state index in [4.69, 9.17) is 4.74 Å². The van der Waals surface area contributed by atoms with Gasteiger partial charge < -0.3 is 4.74 Å². The molecule has 0 spiro atoms. The van der Waals surface area contributed by atoms with Crippen LogP contribution in [0.25, 0.3) is 27.7 Å². The smallest absolute Gasteiger partial charge is 0.151 e. The topological polar surface area (TPSA) is 63.7 Å². The van der Waals surface area contributed by atoms with Crippen molar-refractivity contribution in [1.29, 1.82) is 5.26 Å². The summed E-state index contributed by atoms with van der Waals surface area (Å²) in [5, 5.41) is 11.6. The second-order valence-corrected chi connectivity index (χ2v) is 5.97. The lowest BCUT2D eigenvalue weighted by atomic mass is 9.97. The van der Waals surface area contributed by atoms with Crippen molar-refractivity contribution in [3.05, 3.63) is 72.4 Å². The first kappa shape index (κ1) is 15.9. The number of benzene rings is 2. The molecule has 0 aliphatic heterocycles. The van der Waals surface area contributed by atoms with E-state index in [2.05, 4.69) is 16.0 Å². The van der Waals surface area contributed by atoms with Crippen molar-refractivity contribution >= 4 is 10.8 Å². The molecule has 0 aliphatic carbocycles. The lowest BCUT2D eigenvalue weighted by Crippen LogP contribution is -2.01. The Morgan fingerprint density at radius 1 is 1.08 bits per heavy atom. The lowest BCUT2D eigenvalue weighted by molar-refractivity contribution is 0.415. The van der Waals surface area contributed by atoms with Crippen LogP contribution in [0.4, 0.5) is 0 Å². The molecule has 0 aliphatic rings. The molecule has 0 fully saturated rings. The van der Waals surface area contributed by atoms with Crippen LogP contribution < -0.4 is 4.74 Å². The molecular weight excluding hydrogens is 324 g/mol. The average Bonchev–Trinajstić information content (AvgIpc) is 3.12. The van der Waals surface area contributed by atoms with E-state index in [0.29, 0.717) is 11.5 Å². The van der Waals surface area contributed by atoms with Crippen molar-refractivity contribution in [2.24, 2.45) is 0 Å². The number of aromatic nitrogens is 3. The second kappa shape index (κ2) is 6.34. The van der Waals surface area contributed by atoms with Crippen LogP contribution in [0, 0.1) is 18.3 Å². The summed E-state index contributed by atoms with van der Waals surface area (Å²) in [5.74, 6) is 1.41. The van der Waals surface area contributed by atoms with E-state index in [0.717, 1.165) is 33.3 Å². The number of pyridine rings is 1. The molecule has 0 bridgehead atoms. The molecule has 0 saturated carbocycles. The van der Waals surface area contributed by atoms with Crippen LogP contribution in [0.3, 0.4) is 0 Å². The van der Waals surface area contributed by atoms with Crippen LogP contribution in [0.5, 0.6) is 5.75 Å². The molecule has 2 aromatic carbocycles. The van der Waals surface area contributed by atoms with Crippen LogP contribution >= 0.6 is 0 Å². The third kappa shape index (κ3) is 2.58. The summed E-state index contributed by atoms with van der Waals surface area (Å²) in [6.07, 6.45) is 3.61. The summed E-state index contributed by atoms with van der Waals surface area (Å²) >= 11 is 0. The number of nitriles is 1. The van der Waals surface area contributed by atoms with Gasteiger partial charge in [-0.05, 0) is 36.1 Å². The Balaban J connectivity index is 2.13. The van der Waals surface area contributed by atoms with Gasteiger partial charge in [-0.2, -0.15) is 5.26 Å². The minimum absolute atomic E-state index is 0.373. The van der Waals surface area contributed by atoms with Gasteiger partial charge in [0.05, 0.1) is 12.8 Å². The predicted molar refractivity (Wildman–Crippen MR) is 100 cm³/mol. The Bertz CT molecular complexity index is 1140. The molecule has 0 unspecified atom stereocenters. The van der Waals surface area contributed by atoms with Crippen LogP contribution in [0.2, 0.25) is 0 Å². The first-order valence-corrected chi connectivity index (χ1v) is 8.19. The third-order valence-electron chi connectivity index (χ3n) is 4.32. The molecule has 4 aromatic rings. The fraction of sp³-hybridized carbons (Fsp3) is 0.0952. The zero-order valence-corrected chi connectivity index (χ0v) is 14.5. The van der Waals surface area contributed by atoms with E-state index < -0.39 is 0 Å². The molecule has 126 valence electrons. The van der Waals surface area contributed by atoms with Gasteiger partial charge >= 0.3 is 0 Å². The van der Waals surface area contributed by atoms with Gasteiger partial charge in [0, 0.05) is 17.1 Å². The van der Waals surface area contributed by atoms with Crippen LogP contribution in [-0.2, 0) is 0 Å². The van der Waals surface area contributed by atoms with Crippen molar-refractivity contribution < 1.29 is 4.74 Å². The normalized spacial score (nSPS) is 10.7. The van der Waals surface area contributed by atoms with Gasteiger partial charge in [0.25, 0.3) is 0 Å². The molecule has 0 saturated heterocycles. The fourth-order valence-corrected chi connectivity index (χ4v) is 3.11. The van der Waals surface area contributed by atoms with E-state index in [-0.39, 0.29) is 0 Å². The highest BCUT2D eigenvalue weighted by Crippen LogP contribution is 2.35. The molecule has 2 aromatic heterocycles. The molecule has 0 atom stereocenters. The van der Waals surface area contributed by atoms with Crippen LogP contribution in [0.15, 0.2) is 61.1 Å². The summed E-state index contributed by atoms with van der Waals surface area (Å²) in [7, 11) is 1.63. The molecule has 0 amide bonds. The highest BCUT2D eigenvalue weighted by molar-refractivity contribution is 6.02. The third-order valence-corrected chi connectivity index (χ3v) is 4.32. The van der Waals surface area contributed by atoms with E-state index in [1.165, 1.54) is 0 Å². The molecule has 26 heavy (non-hydrogen) atoms. The number of fused-ring (bicyclic) bond motifs is 1. The first-order valence-electron chi connectivity index (χ1n) is 8.19. The summed E-state index contributed by atoms with van der Waals surface area (Å²) < 4.78 is 7.26. The average molecular weight is 340 g/mol. The Hall–Kier alpha value is -3.65. The molecule has 0 N–H and O–H groups in total. The summed E-state index contributed by atoms with van der Waals surface area (Å²) in [6, 6.07) is 17.9. The first-order chi connectivity index (χ1) is 12.7. The zero-order valence-electron chi connectivity index (χ0n) is 14.5. The maximum Gasteiger partial charge on any atom is 0.151 e. The Labute approximate surface area is 151 Å². The molecule has 0 radical (unpaired) electrons. The number of nitrogens with zero attached hydrogens (tertiary/aromatic N) is 4. The van der Waals surface area contributed by atoms with E-state index >= 15 is 0 Å². The van der Waals surface area contributed by atoms with Gasteiger partial charge in [0.2, 0.25) is 0 Å². The number of ether oxygens (including phenoxy) is 1. The lowest BCUT2D eigenvalue weighted by Gasteiger charge is -2.14. The second-order valence-electron chi connectivity index (χ2n) is 5.97. The van der Waals surface area contributed by atoms with E-state index in [1.54, 1.807) is 13.4 Å². The number of rotatable bonds is 3. The number of aryl methyl sites for hydroxylation is 1. The molecule has 5 nitrogen and oxygen atoms in total. The van der Waals surface area contributed by atoms with Crippen LogP contribution in [-0.4, -0.2) is 21.6 Å². The van der Waals surface area contributed by atoms with Crippen LogP contribution in [0.1, 0.15) is 11.4 Å². The SMILES string of the molecule is COc1ccc2c(-n3cnc(C)c3)nc(C#N)c(-c3ccccc3)c2c1. The highest BCUT2D eigenvalue weighted by atomic mass is 16.5. The Morgan fingerprint density at radius 3 is 2.54 bits per heavy atom. The van der Waals surface area contributed by atoms with Crippen molar-refractivity contribution in [3.8, 4) is 28.8 Å². The van der Waals surface area contributed by atoms with Crippen molar-refractivity contribution in [1.82, 2.24) is 14.5 Å². The summed E-state index contributed by atoms with van der Waals surface area (Å²) in [4.78, 5) is 8.94. The largest absolute Gasteiger partial charge is 0.497 e. The Morgan fingerprint density at radius 2 is 1.88 bits per heavy atom. The zero-order chi connectivity index (χ0) is 18.1. The van der Waals surface area contributed by atoms with E-state index in [9.17, 15) is 5.26 Å². The number of hydrogen-bond acceptors (Lipinski definition) is 4. The van der Waals surface area contributed by atoms with Crippen molar-refractivity contribution in [2.45, 2.75) is 6.92 Å². The van der Waals surface area contributed by atoms with Gasteiger partial charge in [-0.25, -0.2) is 9.97 Å². The van der Waals surface area contributed by atoms with Gasteiger partial charge in [-0.15, -0.1) is 0 Å². The minimum Gasteiger partial charge on any atom is -0.497 e. The molecule has 2 heterocycles. The molecule has 4 rings (SSSR count). The highest BCUT2D eigenvalue weighted by Gasteiger charge is 2.17. The number of hydrogen-bond donors (Lipinski definition) is 0. The fourth-order valence-electron chi connectivity index (χ4n) is 3.11. The maximum absolute atomic E-state index is 9.77. The van der Waals surface area contributed by atoms with Gasteiger partial charge in [-0.1, -0.05) is 30.3 Å². The number of imidazole rings is 1. The molecular formula is C21H16N4O. The van der Waals surface area contributed by atoms with Gasteiger partial charge in [0.15, 0.2) is 5.69 Å². The summed E-state index contributed by atoms with van der Waals surface area (Å²) in [6.45, 7) is 1.92. The standard InChI is InChI=1S/C21H16N4O/c1-14-12-25(13-23-14)21-17-9-8-16(26-2)10-18(17)20(19(11-22)24-21)15-6-4-3-5-7-15/h3-10,12-13H,1-2H3. The Kier molecular flexibility index (Phi) is 3.86. The maximum atomic E-state index is 9.77. The minimum atomic E-state index is 0.373. The van der Waals surface area contributed by atoms with Gasteiger partial charge in [-0.3, -0.25) is 4.57 Å². The van der Waals surface area contributed by atoms with E-state index in [1.807, 2.05) is 66.2 Å². The predicted octanol–water partition coefficient (Wildman–Crippen LogP) is 4.28. The van der Waals surface area contributed by atoms with Crippen molar-refractivity contribution in [3.63, 3.8) is 0 Å². The molecule has 5 heteroatoms. The van der Waals surface area contributed by atoms with Crippen molar-refractivity contribution in [2.75, 3.05) is 7.11 Å². The quantitative estimate of drug-likeness (QED) is 0.558. The monoisotopic (exact) mass is 340 g/mol. The number of methoxy groups -OCH3 is 1. The summed E-state index contributed by atoms with van der Waals surface area (Å²) in [5.41, 5.74) is 3.02. The van der Waals surface area contributed by atoms with Gasteiger partial charge in [0.1, 0.15) is 24.0 Å².